The number of benzene rings is 2. The van der Waals surface area contributed by atoms with E-state index in [4.69, 9.17) is 4.98 Å². The molecule has 0 spiro atoms. The fraction of sp³-hybridized carbons (Fsp3) is 0.240. The number of carbonyl (C=O) groups excluding carboxylic acids is 1. The van der Waals surface area contributed by atoms with Crippen LogP contribution < -0.4 is 4.90 Å². The number of hydrogen-bond acceptors (Lipinski definition) is 6. The van der Waals surface area contributed by atoms with Gasteiger partial charge in [0.1, 0.15) is 0 Å². The zero-order valence-electron chi connectivity index (χ0n) is 18.3. The van der Waals surface area contributed by atoms with Crippen LogP contribution in [-0.4, -0.2) is 30.0 Å². The molecule has 0 saturated heterocycles. The number of sulfone groups is 1. The van der Waals surface area contributed by atoms with Crippen molar-refractivity contribution in [2.75, 3.05) is 10.7 Å². The van der Waals surface area contributed by atoms with Crippen LogP contribution in [-0.2, 0) is 33.4 Å². The molecule has 2 heterocycles. The second-order valence-corrected chi connectivity index (χ2v) is 11.0. The van der Waals surface area contributed by atoms with E-state index in [2.05, 4.69) is 11.9 Å². The Morgan fingerprint density at radius 1 is 1.00 bits per heavy atom. The van der Waals surface area contributed by atoms with Gasteiger partial charge in [-0.15, -0.1) is 0 Å². The second kappa shape index (κ2) is 10.2. The first-order chi connectivity index (χ1) is 15.9. The van der Waals surface area contributed by atoms with Crippen molar-refractivity contribution in [3.8, 4) is 0 Å². The van der Waals surface area contributed by atoms with Gasteiger partial charge in [0.15, 0.2) is 15.0 Å². The molecule has 2 aromatic heterocycles. The third-order valence-corrected chi connectivity index (χ3v) is 7.97. The number of anilines is 1. The van der Waals surface area contributed by atoms with Gasteiger partial charge in [-0.25, -0.2) is 13.4 Å². The van der Waals surface area contributed by atoms with Crippen molar-refractivity contribution in [3.05, 3.63) is 89.7 Å². The summed E-state index contributed by atoms with van der Waals surface area (Å²) in [7, 11) is -3.43. The molecule has 33 heavy (non-hydrogen) atoms. The minimum atomic E-state index is -3.43. The Morgan fingerprint density at radius 3 is 2.52 bits per heavy atom. The van der Waals surface area contributed by atoms with Crippen molar-refractivity contribution in [3.63, 3.8) is 0 Å². The van der Waals surface area contributed by atoms with Gasteiger partial charge in [-0.1, -0.05) is 66.8 Å². The van der Waals surface area contributed by atoms with Gasteiger partial charge in [0.25, 0.3) is 0 Å². The highest BCUT2D eigenvalue weighted by Crippen LogP contribution is 2.32. The molecule has 2 aromatic carbocycles. The molecule has 0 aliphatic heterocycles. The maximum absolute atomic E-state index is 13.3. The lowest BCUT2D eigenvalue weighted by Gasteiger charge is -2.20. The van der Waals surface area contributed by atoms with Crippen LogP contribution in [0.5, 0.6) is 0 Å². The molecule has 0 bridgehead atoms. The number of fused-ring (bicyclic) bond motifs is 1. The lowest BCUT2D eigenvalue weighted by atomic mass is 10.1. The van der Waals surface area contributed by atoms with Gasteiger partial charge in [0, 0.05) is 18.8 Å². The number of aromatic nitrogens is 2. The second-order valence-electron chi connectivity index (χ2n) is 7.78. The quantitative estimate of drug-likeness (QED) is 0.345. The third kappa shape index (κ3) is 5.83. The molecular formula is C25H25N3O3S2. The summed E-state index contributed by atoms with van der Waals surface area (Å²) in [5.41, 5.74) is 3.58. The lowest BCUT2D eigenvalue weighted by Crippen LogP contribution is -2.32. The normalized spacial score (nSPS) is 11.5. The van der Waals surface area contributed by atoms with Gasteiger partial charge in [-0.3, -0.25) is 14.7 Å². The fourth-order valence-corrected chi connectivity index (χ4v) is 5.97. The number of carbonyl (C=O) groups is 1. The zero-order valence-corrected chi connectivity index (χ0v) is 20.0. The molecule has 6 nitrogen and oxygen atoms in total. The predicted octanol–water partition coefficient (Wildman–Crippen LogP) is 4.79. The van der Waals surface area contributed by atoms with Crippen LogP contribution in [0.25, 0.3) is 10.2 Å². The molecule has 8 heteroatoms. The van der Waals surface area contributed by atoms with Crippen LogP contribution >= 0.6 is 11.3 Å². The van der Waals surface area contributed by atoms with Crippen molar-refractivity contribution >= 4 is 42.4 Å². The summed E-state index contributed by atoms with van der Waals surface area (Å²) in [5, 5.41) is 0.570. The summed E-state index contributed by atoms with van der Waals surface area (Å²) in [6.45, 7) is 2.36. The molecular weight excluding hydrogens is 454 g/mol. The number of rotatable bonds is 9. The number of para-hydroxylation sites is 1. The van der Waals surface area contributed by atoms with E-state index in [1.807, 2.05) is 48.5 Å². The fourth-order valence-electron chi connectivity index (χ4n) is 3.61. The Balaban J connectivity index is 1.57. The number of hydrogen-bond donors (Lipinski definition) is 0. The van der Waals surface area contributed by atoms with Gasteiger partial charge in [-0.05, 0) is 35.2 Å². The average molecular weight is 480 g/mol. The molecule has 4 rings (SSSR count). The van der Waals surface area contributed by atoms with Crippen LogP contribution in [0.4, 0.5) is 5.13 Å². The smallest absolute Gasteiger partial charge is 0.230 e. The van der Waals surface area contributed by atoms with Crippen LogP contribution in [0, 0.1) is 0 Å². The summed E-state index contributed by atoms with van der Waals surface area (Å²) in [6.07, 6.45) is 4.12. The Bertz CT molecular complexity index is 1340. The standard InChI is InChI=1S/C25H25N3O3S2/c1-2-21-11-6-12-22-24(21)27-25(32-22)28(17-20-10-7-14-26-16-20)23(29)13-15-33(30,31)18-19-8-4-3-5-9-19/h3-12,14,16H,2,13,15,17-18H2,1H3. The molecule has 170 valence electrons. The third-order valence-electron chi connectivity index (χ3n) is 5.32. The predicted molar refractivity (Wildman–Crippen MR) is 133 cm³/mol. The topological polar surface area (TPSA) is 80.2 Å². The lowest BCUT2D eigenvalue weighted by molar-refractivity contribution is -0.118. The number of thiazole rings is 1. The number of nitrogens with zero attached hydrogens (tertiary/aromatic N) is 3. The first-order valence-corrected chi connectivity index (χ1v) is 13.4. The summed E-state index contributed by atoms with van der Waals surface area (Å²) in [4.78, 5) is 23.8. The Kier molecular flexibility index (Phi) is 7.15. The van der Waals surface area contributed by atoms with Gasteiger partial charge in [0.05, 0.1) is 28.3 Å². The molecule has 0 atom stereocenters. The van der Waals surface area contributed by atoms with E-state index in [1.54, 1.807) is 29.4 Å². The van der Waals surface area contributed by atoms with Gasteiger partial charge in [0.2, 0.25) is 5.91 Å². The number of pyridine rings is 1. The molecule has 0 aliphatic carbocycles. The van der Waals surface area contributed by atoms with Crippen molar-refractivity contribution < 1.29 is 13.2 Å². The largest absolute Gasteiger partial charge is 0.284 e. The number of amides is 1. The van der Waals surface area contributed by atoms with E-state index in [1.165, 1.54) is 11.3 Å². The van der Waals surface area contributed by atoms with E-state index < -0.39 is 9.84 Å². The summed E-state index contributed by atoms with van der Waals surface area (Å²) in [6, 6.07) is 18.8. The van der Waals surface area contributed by atoms with E-state index in [0.717, 1.165) is 33.3 Å². The van der Waals surface area contributed by atoms with E-state index >= 15 is 0 Å². The molecule has 1 amide bonds. The van der Waals surface area contributed by atoms with E-state index in [0.29, 0.717) is 5.13 Å². The van der Waals surface area contributed by atoms with E-state index in [9.17, 15) is 13.2 Å². The maximum Gasteiger partial charge on any atom is 0.230 e. The Hall–Kier alpha value is -3.10. The summed E-state index contributed by atoms with van der Waals surface area (Å²) < 4.78 is 26.3. The summed E-state index contributed by atoms with van der Waals surface area (Å²) in [5.74, 6) is -0.562. The van der Waals surface area contributed by atoms with E-state index in [-0.39, 0.29) is 30.4 Å². The minimum Gasteiger partial charge on any atom is -0.284 e. The first-order valence-electron chi connectivity index (χ1n) is 10.8. The highest BCUT2D eigenvalue weighted by Gasteiger charge is 2.23. The molecule has 0 radical (unpaired) electrons. The Labute approximate surface area is 197 Å². The number of aryl methyl sites for hydroxylation is 1. The highest BCUT2D eigenvalue weighted by atomic mass is 32.2. The van der Waals surface area contributed by atoms with Crippen molar-refractivity contribution in [1.29, 1.82) is 0 Å². The van der Waals surface area contributed by atoms with Crippen molar-refractivity contribution in [2.24, 2.45) is 0 Å². The molecule has 0 unspecified atom stereocenters. The van der Waals surface area contributed by atoms with Crippen molar-refractivity contribution in [1.82, 2.24) is 9.97 Å². The molecule has 0 fully saturated rings. The van der Waals surface area contributed by atoms with Crippen LogP contribution in [0.1, 0.15) is 30.0 Å². The maximum atomic E-state index is 13.3. The highest BCUT2D eigenvalue weighted by molar-refractivity contribution is 7.90. The first kappa shape index (κ1) is 23.1. The van der Waals surface area contributed by atoms with Crippen LogP contribution in [0.3, 0.4) is 0 Å². The van der Waals surface area contributed by atoms with Gasteiger partial charge >= 0.3 is 0 Å². The Morgan fingerprint density at radius 2 is 1.79 bits per heavy atom. The SMILES string of the molecule is CCc1cccc2sc(N(Cc3cccnc3)C(=O)CCS(=O)(=O)Cc3ccccc3)nc12. The molecule has 0 saturated carbocycles. The monoisotopic (exact) mass is 479 g/mol. The average Bonchev–Trinajstić information content (AvgIpc) is 3.26. The molecule has 0 aliphatic rings. The van der Waals surface area contributed by atoms with Crippen LogP contribution in [0.15, 0.2) is 73.1 Å². The molecule has 0 N–H and O–H groups in total. The minimum absolute atomic E-state index is 0.0786. The zero-order chi connectivity index (χ0) is 23.3. The van der Waals surface area contributed by atoms with Gasteiger partial charge in [-0.2, -0.15) is 0 Å². The summed E-state index contributed by atoms with van der Waals surface area (Å²) >= 11 is 1.44. The van der Waals surface area contributed by atoms with Crippen molar-refractivity contribution in [2.45, 2.75) is 32.1 Å². The van der Waals surface area contributed by atoms with Crippen LogP contribution in [0.2, 0.25) is 0 Å². The van der Waals surface area contributed by atoms with Gasteiger partial charge < -0.3 is 0 Å². The molecule has 4 aromatic rings.